The lowest BCUT2D eigenvalue weighted by Crippen LogP contribution is -2.54. The first kappa shape index (κ1) is 22.6. The first-order chi connectivity index (χ1) is 15.7. The van der Waals surface area contributed by atoms with Gasteiger partial charge in [0.2, 0.25) is 0 Å². The van der Waals surface area contributed by atoms with Crippen molar-refractivity contribution in [3.05, 3.63) is 88.0 Å². The minimum atomic E-state index is -0.557. The zero-order valence-electron chi connectivity index (χ0n) is 18.9. The Morgan fingerprint density at radius 2 is 1.76 bits per heavy atom. The van der Waals surface area contributed by atoms with Crippen LogP contribution in [0.2, 0.25) is 0 Å². The smallest absolute Gasteiger partial charge is 0.270 e. The minimum absolute atomic E-state index is 0.0336. The van der Waals surface area contributed by atoms with Crippen LogP contribution in [0.5, 0.6) is 0 Å². The summed E-state index contributed by atoms with van der Waals surface area (Å²) < 4.78 is 15.5. The first-order valence-electron chi connectivity index (χ1n) is 10.7. The van der Waals surface area contributed by atoms with E-state index in [1.54, 1.807) is 6.08 Å². The molecule has 2 heterocycles. The number of nitrogens with one attached hydrogen (secondary N) is 1. The van der Waals surface area contributed by atoms with Crippen molar-refractivity contribution in [2.75, 3.05) is 4.90 Å². The third-order valence-electron chi connectivity index (χ3n) is 5.88. The molecule has 1 aromatic heterocycles. The molecule has 1 fully saturated rings. The van der Waals surface area contributed by atoms with Crippen LogP contribution in [0.4, 0.5) is 10.1 Å². The van der Waals surface area contributed by atoms with Gasteiger partial charge in [-0.1, -0.05) is 25.1 Å². The first-order valence-corrected chi connectivity index (χ1v) is 11.1. The highest BCUT2D eigenvalue weighted by Gasteiger charge is 2.34. The quantitative estimate of drug-likeness (QED) is 0.340. The van der Waals surface area contributed by atoms with Crippen molar-refractivity contribution in [2.45, 2.75) is 34.1 Å². The second kappa shape index (κ2) is 8.75. The number of amides is 2. The lowest BCUT2D eigenvalue weighted by molar-refractivity contribution is -0.122. The van der Waals surface area contributed by atoms with Crippen molar-refractivity contribution in [1.29, 1.82) is 0 Å². The highest BCUT2D eigenvalue weighted by atomic mass is 32.1. The molecule has 1 aliphatic rings. The van der Waals surface area contributed by atoms with Gasteiger partial charge in [-0.2, -0.15) is 0 Å². The number of anilines is 1. The van der Waals surface area contributed by atoms with Gasteiger partial charge >= 0.3 is 0 Å². The number of aryl methyl sites for hydroxylation is 3. The highest BCUT2D eigenvalue weighted by Crippen LogP contribution is 2.29. The average molecular weight is 462 g/mol. The minimum Gasteiger partial charge on any atom is -0.317 e. The van der Waals surface area contributed by atoms with Gasteiger partial charge in [0.15, 0.2) is 5.11 Å². The molecule has 33 heavy (non-hydrogen) atoms. The third-order valence-corrected chi connectivity index (χ3v) is 6.17. The van der Waals surface area contributed by atoms with Crippen LogP contribution < -0.4 is 10.2 Å². The number of carbonyl (C=O) groups is 2. The predicted octanol–water partition coefficient (Wildman–Crippen LogP) is 4.94. The maximum atomic E-state index is 13.4. The van der Waals surface area contributed by atoms with E-state index in [0.29, 0.717) is 5.69 Å². The predicted molar refractivity (Wildman–Crippen MR) is 132 cm³/mol. The zero-order chi connectivity index (χ0) is 23.9. The Balaban J connectivity index is 1.80. The monoisotopic (exact) mass is 461 g/mol. The van der Waals surface area contributed by atoms with Gasteiger partial charge in [-0.05, 0) is 92.5 Å². The van der Waals surface area contributed by atoms with E-state index < -0.39 is 17.6 Å². The summed E-state index contributed by atoms with van der Waals surface area (Å²) in [6.07, 6.45) is 2.48. The molecular formula is C26H24FN3O2S. The van der Waals surface area contributed by atoms with Crippen molar-refractivity contribution < 1.29 is 14.0 Å². The van der Waals surface area contributed by atoms with Gasteiger partial charge in [-0.3, -0.25) is 19.8 Å². The second-order valence-electron chi connectivity index (χ2n) is 8.03. The molecule has 0 atom stereocenters. The normalized spacial score (nSPS) is 15.4. The van der Waals surface area contributed by atoms with E-state index >= 15 is 0 Å². The fraction of sp³-hybridized carbons (Fsp3) is 0.192. The zero-order valence-corrected chi connectivity index (χ0v) is 19.7. The molecule has 4 rings (SSSR count). The van der Waals surface area contributed by atoms with Crippen LogP contribution in [0.15, 0.2) is 54.1 Å². The van der Waals surface area contributed by atoms with E-state index in [-0.39, 0.29) is 10.7 Å². The molecule has 2 amide bonds. The van der Waals surface area contributed by atoms with Crippen LogP contribution in [-0.4, -0.2) is 21.5 Å². The molecule has 0 bridgehead atoms. The molecule has 0 aliphatic carbocycles. The van der Waals surface area contributed by atoms with E-state index in [0.717, 1.165) is 34.6 Å². The highest BCUT2D eigenvalue weighted by molar-refractivity contribution is 7.80. The van der Waals surface area contributed by atoms with Crippen molar-refractivity contribution in [3.8, 4) is 5.69 Å². The van der Waals surface area contributed by atoms with Crippen LogP contribution in [0.3, 0.4) is 0 Å². The number of halogens is 1. The lowest BCUT2D eigenvalue weighted by Gasteiger charge is -2.28. The maximum Gasteiger partial charge on any atom is 0.270 e. The molecule has 1 aliphatic heterocycles. The van der Waals surface area contributed by atoms with E-state index in [1.807, 2.05) is 26.0 Å². The van der Waals surface area contributed by atoms with Crippen LogP contribution in [0.1, 0.15) is 35.0 Å². The summed E-state index contributed by atoms with van der Waals surface area (Å²) in [5.74, 6) is -1.53. The molecule has 1 N–H and O–H groups in total. The van der Waals surface area contributed by atoms with Gasteiger partial charge in [0.05, 0.1) is 11.4 Å². The Morgan fingerprint density at radius 1 is 1.06 bits per heavy atom. The number of hydrogen-bond donors (Lipinski definition) is 1. The maximum absolute atomic E-state index is 13.4. The van der Waals surface area contributed by atoms with Crippen LogP contribution in [-0.2, 0) is 16.0 Å². The molecule has 3 aromatic rings. The van der Waals surface area contributed by atoms with Gasteiger partial charge in [0, 0.05) is 11.4 Å². The second-order valence-corrected chi connectivity index (χ2v) is 8.42. The Morgan fingerprint density at radius 3 is 2.42 bits per heavy atom. The van der Waals surface area contributed by atoms with Gasteiger partial charge < -0.3 is 4.57 Å². The average Bonchev–Trinajstić information content (AvgIpc) is 3.05. The molecule has 1 saturated heterocycles. The van der Waals surface area contributed by atoms with Gasteiger partial charge in [0.25, 0.3) is 11.8 Å². The summed E-state index contributed by atoms with van der Waals surface area (Å²) in [5.41, 5.74) is 6.52. The summed E-state index contributed by atoms with van der Waals surface area (Å²) in [6.45, 7) is 8.17. The Bertz CT molecular complexity index is 1320. The van der Waals surface area contributed by atoms with Gasteiger partial charge in [0.1, 0.15) is 11.4 Å². The standard InChI is InChI=1S/C26H24FN3O2S/c1-5-18-8-6-7-15(2)23(18)29-16(3)13-19(17(29)4)14-22-24(31)28-26(33)30(25(22)32)21-11-9-20(27)10-12-21/h6-14H,5H2,1-4H3,(H,28,31,33)/b22-14-. The number of aromatic nitrogens is 1. The van der Waals surface area contributed by atoms with E-state index in [4.69, 9.17) is 12.2 Å². The summed E-state index contributed by atoms with van der Waals surface area (Å²) in [7, 11) is 0. The van der Waals surface area contributed by atoms with Crippen LogP contribution in [0.25, 0.3) is 11.8 Å². The lowest BCUT2D eigenvalue weighted by atomic mass is 10.0. The van der Waals surface area contributed by atoms with Crippen LogP contribution >= 0.6 is 12.2 Å². The molecule has 168 valence electrons. The number of carbonyl (C=O) groups excluding carboxylic acids is 2. The Labute approximate surface area is 197 Å². The molecule has 0 saturated carbocycles. The molecule has 5 nitrogen and oxygen atoms in total. The number of para-hydroxylation sites is 1. The van der Waals surface area contributed by atoms with Gasteiger partial charge in [-0.25, -0.2) is 4.39 Å². The fourth-order valence-electron chi connectivity index (χ4n) is 4.24. The summed E-state index contributed by atoms with van der Waals surface area (Å²) in [4.78, 5) is 27.2. The summed E-state index contributed by atoms with van der Waals surface area (Å²) in [6, 6.07) is 13.6. The summed E-state index contributed by atoms with van der Waals surface area (Å²) >= 11 is 5.22. The SMILES string of the molecule is CCc1cccc(C)c1-n1c(C)cc(/C=C2/C(=O)NC(=S)N(c3ccc(F)cc3)C2=O)c1C. The number of nitrogens with zero attached hydrogens (tertiary/aromatic N) is 2. The molecule has 2 aromatic carbocycles. The van der Waals surface area contributed by atoms with Crippen molar-refractivity contribution >= 4 is 40.9 Å². The van der Waals surface area contributed by atoms with Gasteiger partial charge in [-0.15, -0.1) is 0 Å². The van der Waals surface area contributed by atoms with Crippen molar-refractivity contribution in [3.63, 3.8) is 0 Å². The Hall–Kier alpha value is -3.58. The van der Waals surface area contributed by atoms with Crippen molar-refractivity contribution in [2.24, 2.45) is 0 Å². The van der Waals surface area contributed by atoms with Crippen molar-refractivity contribution in [1.82, 2.24) is 9.88 Å². The number of benzene rings is 2. The molecule has 7 heteroatoms. The third kappa shape index (κ3) is 4.00. The summed E-state index contributed by atoms with van der Waals surface area (Å²) in [5, 5.41) is 2.54. The van der Waals surface area contributed by atoms with E-state index in [9.17, 15) is 14.0 Å². The fourth-order valence-corrected chi connectivity index (χ4v) is 4.52. The van der Waals surface area contributed by atoms with E-state index in [1.165, 1.54) is 34.7 Å². The number of rotatable bonds is 4. The number of hydrogen-bond acceptors (Lipinski definition) is 3. The molecule has 0 unspecified atom stereocenters. The van der Waals surface area contributed by atoms with E-state index in [2.05, 4.69) is 35.9 Å². The number of thiocarbonyl (C=S) groups is 1. The Kier molecular flexibility index (Phi) is 5.99. The molecule has 0 radical (unpaired) electrons. The topological polar surface area (TPSA) is 54.3 Å². The molecule has 0 spiro atoms. The van der Waals surface area contributed by atoms with Crippen LogP contribution in [0, 0.1) is 26.6 Å². The molecular weight excluding hydrogens is 437 g/mol. The largest absolute Gasteiger partial charge is 0.317 e.